The summed E-state index contributed by atoms with van der Waals surface area (Å²) in [5.41, 5.74) is 0.318. The van der Waals surface area contributed by atoms with Crippen molar-refractivity contribution < 1.29 is 38.4 Å². The number of hydrogen-bond donors (Lipinski definition) is 1. The Morgan fingerprint density at radius 1 is 1.05 bits per heavy atom. The second kappa shape index (κ2) is 9.80. The van der Waals surface area contributed by atoms with Gasteiger partial charge in [-0.15, -0.1) is 0 Å². The maximum Gasteiger partial charge on any atom is 0.331 e. The van der Waals surface area contributed by atoms with E-state index in [9.17, 15) is 14.7 Å². The molecule has 5 rings (SSSR count). The van der Waals surface area contributed by atoms with Gasteiger partial charge in [0.15, 0.2) is 0 Å². The lowest BCUT2D eigenvalue weighted by Gasteiger charge is -2.58. The highest BCUT2D eigenvalue weighted by molar-refractivity contribution is 5.83. The first-order valence-electron chi connectivity index (χ1n) is 13.3. The van der Waals surface area contributed by atoms with Crippen molar-refractivity contribution in [2.45, 2.75) is 89.5 Å². The Labute approximate surface area is 218 Å². The molecule has 3 heterocycles. The number of carbonyl (C=O) groups excluding carboxylic acids is 2. The average molecular weight is 515 g/mol. The van der Waals surface area contributed by atoms with Crippen LogP contribution in [-0.2, 0) is 33.3 Å². The van der Waals surface area contributed by atoms with Gasteiger partial charge in [-0.3, -0.25) is 0 Å². The van der Waals surface area contributed by atoms with E-state index in [4.69, 9.17) is 23.7 Å². The topological polar surface area (TPSA) is 104 Å². The van der Waals surface area contributed by atoms with Gasteiger partial charge in [-0.25, -0.2) is 9.59 Å². The predicted octanol–water partition coefficient (Wildman–Crippen LogP) is 3.34. The van der Waals surface area contributed by atoms with E-state index in [1.807, 2.05) is 6.92 Å². The van der Waals surface area contributed by atoms with Crippen molar-refractivity contribution in [3.8, 4) is 0 Å². The minimum absolute atomic E-state index is 0.144. The molecule has 3 fully saturated rings. The van der Waals surface area contributed by atoms with Crippen LogP contribution in [0.15, 0.2) is 47.6 Å². The van der Waals surface area contributed by atoms with Crippen LogP contribution in [0.25, 0.3) is 0 Å². The van der Waals surface area contributed by atoms with Crippen LogP contribution in [0.1, 0.15) is 53.4 Å². The first-order valence-corrected chi connectivity index (χ1v) is 13.3. The van der Waals surface area contributed by atoms with Gasteiger partial charge < -0.3 is 28.8 Å². The lowest BCUT2D eigenvalue weighted by atomic mass is 9.51. The Bertz CT molecular complexity index is 1050. The molecule has 5 aliphatic rings. The van der Waals surface area contributed by atoms with Crippen LogP contribution in [0.4, 0.5) is 0 Å². The van der Waals surface area contributed by atoms with E-state index in [1.165, 1.54) is 17.7 Å². The zero-order valence-electron chi connectivity index (χ0n) is 22.1. The van der Waals surface area contributed by atoms with Crippen molar-refractivity contribution in [3.63, 3.8) is 0 Å². The van der Waals surface area contributed by atoms with E-state index in [1.54, 1.807) is 25.2 Å². The lowest BCUT2D eigenvalue weighted by Crippen LogP contribution is -2.66. The predicted molar refractivity (Wildman–Crippen MR) is 134 cm³/mol. The van der Waals surface area contributed by atoms with Crippen molar-refractivity contribution in [2.75, 3.05) is 19.8 Å². The molecule has 3 aliphatic heterocycles. The van der Waals surface area contributed by atoms with E-state index in [-0.39, 0.29) is 18.8 Å². The largest absolute Gasteiger partial charge is 0.462 e. The fourth-order valence-electron chi connectivity index (χ4n) is 6.85. The molecule has 8 atom stereocenters. The van der Waals surface area contributed by atoms with E-state index in [2.05, 4.69) is 19.9 Å². The Hall–Kier alpha value is -2.26. The summed E-state index contributed by atoms with van der Waals surface area (Å²) < 4.78 is 30.6. The summed E-state index contributed by atoms with van der Waals surface area (Å²) in [6.45, 7) is 8.73. The molecule has 0 aromatic rings. The molecule has 2 saturated heterocycles. The zero-order valence-corrected chi connectivity index (χ0v) is 22.1. The van der Waals surface area contributed by atoms with Crippen LogP contribution in [0.3, 0.4) is 0 Å². The van der Waals surface area contributed by atoms with Gasteiger partial charge in [-0.1, -0.05) is 42.4 Å². The van der Waals surface area contributed by atoms with Gasteiger partial charge in [0.1, 0.15) is 24.4 Å². The maximum atomic E-state index is 12.9. The number of carbonyl (C=O) groups is 2. The number of ether oxygens (including phenoxy) is 5. The van der Waals surface area contributed by atoms with E-state index < -0.39 is 46.7 Å². The SMILES string of the molecule is CC1=C[C@H]2O[C@@H]3C[C@H]4OC(=O)/C=C\C=C\[C@@H]([C@H](C)O)OCC/C(C)=C/C(=O)OC[C@]2(CC1)[C@]4(C)[C@]31CO1. The Kier molecular flexibility index (Phi) is 6.98. The van der Waals surface area contributed by atoms with Crippen LogP contribution in [0.2, 0.25) is 0 Å². The summed E-state index contributed by atoms with van der Waals surface area (Å²) in [6, 6.07) is 0. The second-order valence-electron chi connectivity index (χ2n) is 11.4. The van der Waals surface area contributed by atoms with Gasteiger partial charge in [0.25, 0.3) is 0 Å². The molecule has 8 nitrogen and oxygen atoms in total. The number of rotatable bonds is 1. The molecule has 0 radical (unpaired) electrons. The summed E-state index contributed by atoms with van der Waals surface area (Å²) in [6.07, 6.45) is 10.5. The molecule has 2 aliphatic carbocycles. The van der Waals surface area contributed by atoms with Crippen LogP contribution in [-0.4, -0.2) is 73.0 Å². The second-order valence-corrected chi connectivity index (χ2v) is 11.4. The summed E-state index contributed by atoms with van der Waals surface area (Å²) in [4.78, 5) is 25.9. The zero-order chi connectivity index (χ0) is 26.4. The maximum absolute atomic E-state index is 12.9. The summed E-state index contributed by atoms with van der Waals surface area (Å²) in [7, 11) is 0. The fourth-order valence-corrected chi connectivity index (χ4v) is 6.85. The highest BCUT2D eigenvalue weighted by Gasteiger charge is 2.83. The minimum atomic E-state index is -0.735. The number of hydrogen-bond acceptors (Lipinski definition) is 8. The molecule has 2 bridgehead atoms. The third-order valence-electron chi connectivity index (χ3n) is 9.24. The van der Waals surface area contributed by atoms with Gasteiger partial charge in [0.2, 0.25) is 0 Å². The molecule has 0 aromatic heterocycles. The molecule has 1 N–H and O–H groups in total. The van der Waals surface area contributed by atoms with Crippen LogP contribution in [0, 0.1) is 10.8 Å². The van der Waals surface area contributed by atoms with E-state index in [0.717, 1.165) is 18.4 Å². The van der Waals surface area contributed by atoms with Crippen molar-refractivity contribution in [1.29, 1.82) is 0 Å². The van der Waals surface area contributed by atoms with Gasteiger partial charge in [0, 0.05) is 24.0 Å². The van der Waals surface area contributed by atoms with Gasteiger partial charge in [-0.05, 0) is 40.0 Å². The average Bonchev–Trinajstić information content (AvgIpc) is 3.61. The Morgan fingerprint density at radius 3 is 2.57 bits per heavy atom. The van der Waals surface area contributed by atoms with Gasteiger partial charge >= 0.3 is 11.9 Å². The quantitative estimate of drug-likeness (QED) is 0.323. The highest BCUT2D eigenvalue weighted by Crippen LogP contribution is 2.72. The van der Waals surface area contributed by atoms with E-state index >= 15 is 0 Å². The van der Waals surface area contributed by atoms with Crippen molar-refractivity contribution in [1.82, 2.24) is 0 Å². The van der Waals surface area contributed by atoms with Crippen LogP contribution < -0.4 is 0 Å². The fraction of sp³-hybridized carbons (Fsp3) is 0.655. The molecule has 2 spiro atoms. The number of aliphatic hydroxyl groups is 1. The molecular weight excluding hydrogens is 476 g/mol. The standard InChI is InChI=1S/C29H38O8/c1-18-9-11-28-16-34-26(32)14-19(2)10-12-33-21(20(3)30)7-5-6-8-25(31)37-22-15-24(36-23(28)13-18)29(17-35-29)27(22,28)4/h5-8,13-14,20-24,30H,9-12,15-17H2,1-4H3/b7-5+,8-6-,19-14+/t20-,21-,22+,23+,24+,27+,28-,29-/m0/s1. The molecule has 202 valence electrons. The van der Waals surface area contributed by atoms with Crippen molar-refractivity contribution >= 4 is 11.9 Å². The van der Waals surface area contributed by atoms with Gasteiger partial charge in [0.05, 0.1) is 36.9 Å². The lowest BCUT2D eigenvalue weighted by molar-refractivity contribution is -0.232. The molecule has 0 aromatic carbocycles. The molecule has 0 amide bonds. The van der Waals surface area contributed by atoms with Crippen molar-refractivity contribution in [3.05, 3.63) is 47.6 Å². The number of allylic oxidation sites excluding steroid dienone is 3. The number of aliphatic hydroxyl groups excluding tert-OH is 1. The normalized spacial score (nSPS) is 46.2. The van der Waals surface area contributed by atoms with Gasteiger partial charge in [-0.2, -0.15) is 0 Å². The highest BCUT2D eigenvalue weighted by atomic mass is 16.6. The molecule has 0 unspecified atom stereocenters. The van der Waals surface area contributed by atoms with Crippen LogP contribution in [0.5, 0.6) is 0 Å². The first-order chi connectivity index (χ1) is 17.6. The summed E-state index contributed by atoms with van der Waals surface area (Å²) in [5, 5.41) is 10.0. The van der Waals surface area contributed by atoms with Crippen molar-refractivity contribution in [2.24, 2.45) is 10.8 Å². The molecule has 37 heavy (non-hydrogen) atoms. The molecule has 8 heteroatoms. The minimum Gasteiger partial charge on any atom is -0.462 e. The molecular formula is C29H38O8. The first kappa shape index (κ1) is 26.4. The number of cyclic esters (lactones) is 1. The number of esters is 2. The third kappa shape index (κ3) is 4.42. The van der Waals surface area contributed by atoms with Crippen LogP contribution >= 0.6 is 0 Å². The summed E-state index contributed by atoms with van der Waals surface area (Å²) in [5.74, 6) is -0.879. The van der Waals surface area contributed by atoms with E-state index in [0.29, 0.717) is 26.1 Å². The monoisotopic (exact) mass is 514 g/mol. The summed E-state index contributed by atoms with van der Waals surface area (Å²) >= 11 is 0. The number of epoxide rings is 1. The smallest absolute Gasteiger partial charge is 0.331 e. The Balaban J connectivity index is 1.51. The molecule has 1 saturated carbocycles. The Morgan fingerprint density at radius 2 is 1.84 bits per heavy atom. The third-order valence-corrected chi connectivity index (χ3v) is 9.24.